The van der Waals surface area contributed by atoms with E-state index in [2.05, 4.69) is 9.97 Å². The molecule has 1 fully saturated rings. The van der Waals surface area contributed by atoms with E-state index in [0.29, 0.717) is 11.8 Å². The molecule has 0 aliphatic heterocycles. The van der Waals surface area contributed by atoms with E-state index in [0.717, 1.165) is 28.9 Å². The van der Waals surface area contributed by atoms with Gasteiger partial charge in [-0.3, -0.25) is 9.78 Å². The second-order valence-electron chi connectivity index (χ2n) is 5.78. The van der Waals surface area contributed by atoms with Crippen molar-refractivity contribution in [3.8, 4) is 0 Å². The van der Waals surface area contributed by atoms with Crippen LogP contribution in [-0.2, 0) is 4.79 Å². The lowest BCUT2D eigenvalue weighted by Gasteiger charge is -2.31. The standard InChI is InChI=1S/C17H21N3OS/c1-20(13-7-3-2-4-8-13)17(21)12-22-16-11-18-14-9-5-6-10-15(14)19-16/h5-6,9-11,13H,2-4,7-8,12H2,1H3. The second kappa shape index (κ2) is 7.09. The highest BCUT2D eigenvalue weighted by Crippen LogP contribution is 2.23. The summed E-state index contributed by atoms with van der Waals surface area (Å²) in [6.45, 7) is 0. The SMILES string of the molecule is CN(C(=O)CSc1cnc2ccccc2n1)C1CCCCC1. The topological polar surface area (TPSA) is 46.1 Å². The monoisotopic (exact) mass is 315 g/mol. The van der Waals surface area contributed by atoms with Gasteiger partial charge in [-0.25, -0.2) is 4.98 Å². The van der Waals surface area contributed by atoms with E-state index in [-0.39, 0.29) is 5.91 Å². The van der Waals surface area contributed by atoms with Crippen LogP contribution in [0, 0.1) is 0 Å². The van der Waals surface area contributed by atoms with Gasteiger partial charge in [0.15, 0.2) is 0 Å². The van der Waals surface area contributed by atoms with Crippen LogP contribution >= 0.6 is 11.8 Å². The van der Waals surface area contributed by atoms with E-state index in [1.807, 2.05) is 36.2 Å². The minimum Gasteiger partial charge on any atom is -0.342 e. The number of aromatic nitrogens is 2. The maximum atomic E-state index is 12.3. The van der Waals surface area contributed by atoms with Gasteiger partial charge in [-0.15, -0.1) is 0 Å². The number of hydrogen-bond donors (Lipinski definition) is 0. The van der Waals surface area contributed by atoms with Crippen LogP contribution in [0.25, 0.3) is 11.0 Å². The van der Waals surface area contributed by atoms with Gasteiger partial charge in [0, 0.05) is 13.1 Å². The average molecular weight is 315 g/mol. The van der Waals surface area contributed by atoms with Crippen LogP contribution in [0.1, 0.15) is 32.1 Å². The zero-order valence-corrected chi connectivity index (χ0v) is 13.7. The average Bonchev–Trinajstić information content (AvgIpc) is 2.59. The summed E-state index contributed by atoms with van der Waals surface area (Å²) in [4.78, 5) is 23.2. The van der Waals surface area contributed by atoms with E-state index in [9.17, 15) is 4.79 Å². The molecule has 0 saturated heterocycles. The van der Waals surface area contributed by atoms with Crippen LogP contribution in [0.4, 0.5) is 0 Å². The van der Waals surface area contributed by atoms with Crippen LogP contribution in [0.5, 0.6) is 0 Å². The Morgan fingerprint density at radius 1 is 1.23 bits per heavy atom. The highest BCUT2D eigenvalue weighted by Gasteiger charge is 2.22. The van der Waals surface area contributed by atoms with E-state index in [1.165, 1.54) is 31.0 Å². The number of thioether (sulfide) groups is 1. The van der Waals surface area contributed by atoms with Gasteiger partial charge in [-0.05, 0) is 25.0 Å². The van der Waals surface area contributed by atoms with Crippen LogP contribution < -0.4 is 0 Å². The predicted octanol–water partition coefficient (Wildman–Crippen LogP) is 3.51. The van der Waals surface area contributed by atoms with E-state index in [1.54, 1.807) is 6.20 Å². The summed E-state index contributed by atoms with van der Waals surface area (Å²) in [6, 6.07) is 8.21. The molecular formula is C17H21N3OS. The van der Waals surface area contributed by atoms with Crippen molar-refractivity contribution in [3.05, 3.63) is 30.5 Å². The molecule has 1 heterocycles. The molecule has 1 saturated carbocycles. The molecule has 4 nitrogen and oxygen atoms in total. The van der Waals surface area contributed by atoms with Gasteiger partial charge < -0.3 is 4.90 Å². The number of carbonyl (C=O) groups excluding carboxylic acids is 1. The number of nitrogens with zero attached hydrogens (tertiary/aromatic N) is 3. The molecule has 1 aromatic heterocycles. The van der Waals surface area contributed by atoms with Gasteiger partial charge in [0.1, 0.15) is 5.03 Å². The summed E-state index contributed by atoms with van der Waals surface area (Å²) in [5, 5.41) is 0.809. The van der Waals surface area contributed by atoms with Crippen molar-refractivity contribution in [2.24, 2.45) is 0 Å². The Morgan fingerprint density at radius 3 is 2.73 bits per heavy atom. The number of hydrogen-bond acceptors (Lipinski definition) is 4. The molecule has 1 aliphatic carbocycles. The normalized spacial score (nSPS) is 15.9. The van der Waals surface area contributed by atoms with Crippen LogP contribution in [-0.4, -0.2) is 39.6 Å². The summed E-state index contributed by atoms with van der Waals surface area (Å²) >= 11 is 1.47. The molecule has 5 heteroatoms. The quantitative estimate of drug-likeness (QED) is 0.810. The molecule has 22 heavy (non-hydrogen) atoms. The highest BCUT2D eigenvalue weighted by atomic mass is 32.2. The van der Waals surface area contributed by atoms with E-state index in [4.69, 9.17) is 0 Å². The first-order valence-electron chi connectivity index (χ1n) is 7.84. The van der Waals surface area contributed by atoms with Crippen molar-refractivity contribution < 1.29 is 4.79 Å². The van der Waals surface area contributed by atoms with Crippen molar-refractivity contribution in [2.45, 2.75) is 43.2 Å². The first-order chi connectivity index (χ1) is 10.7. The largest absolute Gasteiger partial charge is 0.342 e. The fraction of sp³-hybridized carbons (Fsp3) is 0.471. The molecule has 1 amide bonds. The third-order valence-electron chi connectivity index (χ3n) is 4.29. The maximum absolute atomic E-state index is 12.3. The summed E-state index contributed by atoms with van der Waals surface area (Å²) in [5.41, 5.74) is 1.76. The third kappa shape index (κ3) is 3.58. The molecule has 3 rings (SSSR count). The molecule has 0 atom stereocenters. The predicted molar refractivity (Wildman–Crippen MR) is 89.9 cm³/mol. The molecule has 0 unspecified atom stereocenters. The summed E-state index contributed by atoms with van der Waals surface area (Å²) in [5.74, 6) is 0.617. The lowest BCUT2D eigenvalue weighted by Crippen LogP contribution is -2.39. The van der Waals surface area contributed by atoms with Crippen molar-refractivity contribution in [1.29, 1.82) is 0 Å². The molecule has 1 aliphatic rings. The van der Waals surface area contributed by atoms with Crippen LogP contribution in [0.3, 0.4) is 0 Å². The minimum absolute atomic E-state index is 0.187. The number of amides is 1. The summed E-state index contributed by atoms with van der Waals surface area (Å²) in [7, 11) is 1.94. The van der Waals surface area contributed by atoms with Gasteiger partial charge >= 0.3 is 0 Å². The first kappa shape index (κ1) is 15.3. The van der Waals surface area contributed by atoms with E-state index >= 15 is 0 Å². The van der Waals surface area contributed by atoms with Gasteiger partial charge in [0.25, 0.3) is 0 Å². The van der Waals surface area contributed by atoms with Crippen molar-refractivity contribution in [3.63, 3.8) is 0 Å². The molecule has 0 bridgehead atoms. The Bertz CT molecular complexity index is 655. The lowest BCUT2D eigenvalue weighted by molar-refractivity contribution is -0.129. The Balaban J connectivity index is 1.59. The van der Waals surface area contributed by atoms with Crippen LogP contribution in [0.15, 0.2) is 35.5 Å². The fourth-order valence-electron chi connectivity index (χ4n) is 2.92. The fourth-order valence-corrected chi connectivity index (χ4v) is 3.68. The zero-order valence-electron chi connectivity index (χ0n) is 12.9. The number of rotatable bonds is 4. The molecular weight excluding hydrogens is 294 g/mol. The molecule has 116 valence electrons. The molecule has 0 N–H and O–H groups in total. The summed E-state index contributed by atoms with van der Waals surface area (Å²) < 4.78 is 0. The minimum atomic E-state index is 0.187. The van der Waals surface area contributed by atoms with Crippen molar-refractivity contribution in [1.82, 2.24) is 14.9 Å². The Kier molecular flexibility index (Phi) is 4.93. The number of para-hydroxylation sites is 2. The Morgan fingerprint density at radius 2 is 1.95 bits per heavy atom. The van der Waals surface area contributed by atoms with Gasteiger partial charge in [-0.1, -0.05) is 43.2 Å². The third-order valence-corrected chi connectivity index (χ3v) is 5.17. The van der Waals surface area contributed by atoms with Crippen LogP contribution in [0.2, 0.25) is 0 Å². The van der Waals surface area contributed by atoms with Gasteiger partial charge in [0.05, 0.1) is 23.0 Å². The number of carbonyl (C=O) groups is 1. The highest BCUT2D eigenvalue weighted by molar-refractivity contribution is 7.99. The van der Waals surface area contributed by atoms with Crippen molar-refractivity contribution >= 4 is 28.7 Å². The first-order valence-corrected chi connectivity index (χ1v) is 8.83. The molecule has 2 aromatic rings. The molecule has 1 aromatic carbocycles. The Hall–Kier alpha value is -1.62. The zero-order chi connectivity index (χ0) is 15.4. The lowest BCUT2D eigenvalue weighted by atomic mass is 9.94. The maximum Gasteiger partial charge on any atom is 0.232 e. The second-order valence-corrected chi connectivity index (χ2v) is 6.78. The van der Waals surface area contributed by atoms with Crippen molar-refractivity contribution in [2.75, 3.05) is 12.8 Å². The van der Waals surface area contributed by atoms with Gasteiger partial charge in [0.2, 0.25) is 5.91 Å². The molecule has 0 spiro atoms. The smallest absolute Gasteiger partial charge is 0.232 e. The number of benzene rings is 1. The van der Waals surface area contributed by atoms with Gasteiger partial charge in [-0.2, -0.15) is 0 Å². The molecule has 0 radical (unpaired) electrons. The van der Waals surface area contributed by atoms with E-state index < -0.39 is 0 Å². The summed E-state index contributed by atoms with van der Waals surface area (Å²) in [6.07, 6.45) is 7.82. The Labute approximate surface area is 135 Å². The number of fused-ring (bicyclic) bond motifs is 1.